The van der Waals surface area contributed by atoms with Gasteiger partial charge < -0.3 is 15.0 Å². The van der Waals surface area contributed by atoms with E-state index in [9.17, 15) is 4.79 Å². The van der Waals surface area contributed by atoms with Crippen LogP contribution >= 0.6 is 0 Å². The van der Waals surface area contributed by atoms with E-state index in [0.29, 0.717) is 0 Å². The Balaban J connectivity index is 2.28. The zero-order valence-electron chi connectivity index (χ0n) is 10.6. The van der Waals surface area contributed by atoms with Crippen molar-refractivity contribution >= 4 is 22.6 Å². The standard InChI is InChI=1S/C14H16N2O2/c1-16-11-5-3-8(15)7-10(11)13-9(14(17)18-2)4-6-12(13)16/h3,5,7,9H,4,6,15H2,1-2H3/t9-/m0/s1. The van der Waals surface area contributed by atoms with Crippen LogP contribution in [0.5, 0.6) is 0 Å². The second kappa shape index (κ2) is 3.77. The van der Waals surface area contributed by atoms with E-state index in [4.69, 9.17) is 10.5 Å². The number of carbonyl (C=O) groups is 1. The van der Waals surface area contributed by atoms with Crippen LogP contribution in [0.3, 0.4) is 0 Å². The summed E-state index contributed by atoms with van der Waals surface area (Å²) in [7, 11) is 3.48. The number of nitrogens with zero attached hydrogens (tertiary/aromatic N) is 1. The number of aromatic nitrogens is 1. The fraction of sp³-hybridized carbons (Fsp3) is 0.357. The van der Waals surface area contributed by atoms with E-state index >= 15 is 0 Å². The molecule has 1 atom stereocenters. The summed E-state index contributed by atoms with van der Waals surface area (Å²) >= 11 is 0. The number of aryl methyl sites for hydroxylation is 1. The van der Waals surface area contributed by atoms with Crippen molar-refractivity contribution in [1.82, 2.24) is 4.57 Å². The second-order valence-corrected chi connectivity index (χ2v) is 4.81. The second-order valence-electron chi connectivity index (χ2n) is 4.81. The number of nitrogen functional groups attached to an aromatic ring is 1. The van der Waals surface area contributed by atoms with Crippen molar-refractivity contribution in [1.29, 1.82) is 0 Å². The van der Waals surface area contributed by atoms with Crippen molar-refractivity contribution in [3.63, 3.8) is 0 Å². The Hall–Kier alpha value is -1.97. The monoisotopic (exact) mass is 244 g/mol. The minimum absolute atomic E-state index is 0.143. The molecule has 0 bridgehead atoms. The molecule has 2 N–H and O–H groups in total. The molecule has 94 valence electrons. The number of ether oxygens (including phenoxy) is 1. The first-order chi connectivity index (χ1) is 8.63. The van der Waals surface area contributed by atoms with Crippen LogP contribution in [-0.4, -0.2) is 17.6 Å². The molecule has 2 aromatic rings. The minimum Gasteiger partial charge on any atom is -0.469 e. The lowest BCUT2D eigenvalue weighted by Gasteiger charge is -2.08. The molecule has 4 nitrogen and oxygen atoms in total. The summed E-state index contributed by atoms with van der Waals surface area (Å²) in [6, 6.07) is 5.86. The molecule has 0 saturated heterocycles. The first-order valence-electron chi connectivity index (χ1n) is 6.08. The molecule has 0 saturated carbocycles. The molecule has 0 amide bonds. The lowest BCUT2D eigenvalue weighted by atomic mass is 10.00. The number of rotatable bonds is 1. The molecule has 1 aliphatic carbocycles. The van der Waals surface area contributed by atoms with Gasteiger partial charge in [0, 0.05) is 29.3 Å². The van der Waals surface area contributed by atoms with Crippen molar-refractivity contribution in [2.24, 2.45) is 7.05 Å². The highest BCUT2D eigenvalue weighted by Gasteiger charge is 2.34. The molecule has 0 unspecified atom stereocenters. The van der Waals surface area contributed by atoms with Gasteiger partial charge in [-0.15, -0.1) is 0 Å². The van der Waals surface area contributed by atoms with Gasteiger partial charge in [-0.2, -0.15) is 0 Å². The molecule has 1 heterocycles. The van der Waals surface area contributed by atoms with Gasteiger partial charge in [0.15, 0.2) is 0 Å². The number of anilines is 1. The van der Waals surface area contributed by atoms with Crippen LogP contribution in [0.1, 0.15) is 23.6 Å². The van der Waals surface area contributed by atoms with Crippen LogP contribution in [0.25, 0.3) is 10.9 Å². The Morgan fingerprint density at radius 2 is 2.28 bits per heavy atom. The summed E-state index contributed by atoms with van der Waals surface area (Å²) in [4.78, 5) is 11.9. The molecule has 1 aromatic carbocycles. The van der Waals surface area contributed by atoms with Crippen LogP contribution in [0, 0.1) is 0 Å². The highest BCUT2D eigenvalue weighted by Crippen LogP contribution is 2.41. The molecule has 0 aliphatic heterocycles. The molecule has 0 spiro atoms. The molecule has 18 heavy (non-hydrogen) atoms. The molecule has 0 fully saturated rings. The normalized spacial score (nSPS) is 18.0. The Morgan fingerprint density at radius 1 is 1.50 bits per heavy atom. The van der Waals surface area contributed by atoms with Gasteiger partial charge in [0.2, 0.25) is 0 Å². The third kappa shape index (κ3) is 1.35. The zero-order valence-corrected chi connectivity index (χ0v) is 10.6. The first-order valence-corrected chi connectivity index (χ1v) is 6.08. The number of esters is 1. The maximum Gasteiger partial charge on any atom is 0.313 e. The highest BCUT2D eigenvalue weighted by molar-refractivity contribution is 5.94. The third-order valence-electron chi connectivity index (χ3n) is 3.89. The number of methoxy groups -OCH3 is 1. The number of hydrogen-bond donors (Lipinski definition) is 1. The number of nitrogens with two attached hydrogens (primary N) is 1. The van der Waals surface area contributed by atoms with Gasteiger partial charge in [0.25, 0.3) is 0 Å². The summed E-state index contributed by atoms with van der Waals surface area (Å²) in [5.41, 5.74) is 10.0. The Morgan fingerprint density at radius 3 is 3.00 bits per heavy atom. The van der Waals surface area contributed by atoms with Crippen LogP contribution < -0.4 is 5.73 Å². The average molecular weight is 244 g/mol. The molecular weight excluding hydrogens is 228 g/mol. The van der Waals surface area contributed by atoms with Gasteiger partial charge >= 0.3 is 5.97 Å². The fourth-order valence-corrected chi connectivity index (χ4v) is 3.04. The molecule has 1 aromatic heterocycles. The lowest BCUT2D eigenvalue weighted by Crippen LogP contribution is -2.11. The van der Waals surface area contributed by atoms with E-state index in [-0.39, 0.29) is 11.9 Å². The summed E-state index contributed by atoms with van der Waals surface area (Å²) < 4.78 is 7.06. The van der Waals surface area contributed by atoms with E-state index in [1.54, 1.807) is 0 Å². The van der Waals surface area contributed by atoms with Crippen molar-refractivity contribution in [2.75, 3.05) is 12.8 Å². The molecule has 3 rings (SSSR count). The van der Waals surface area contributed by atoms with E-state index in [1.807, 2.05) is 25.2 Å². The van der Waals surface area contributed by atoms with Gasteiger partial charge in [0.1, 0.15) is 0 Å². The lowest BCUT2D eigenvalue weighted by molar-refractivity contribution is -0.142. The first kappa shape index (κ1) is 11.1. The van der Waals surface area contributed by atoms with E-state index in [2.05, 4.69) is 4.57 Å². The van der Waals surface area contributed by atoms with E-state index in [1.165, 1.54) is 12.8 Å². The van der Waals surface area contributed by atoms with Crippen LogP contribution in [0.4, 0.5) is 5.69 Å². The number of fused-ring (bicyclic) bond motifs is 3. The number of benzene rings is 1. The van der Waals surface area contributed by atoms with Gasteiger partial charge in [-0.1, -0.05) is 0 Å². The predicted octanol–water partition coefficient (Wildman–Crippen LogP) is 1.96. The maximum atomic E-state index is 11.9. The largest absolute Gasteiger partial charge is 0.469 e. The van der Waals surface area contributed by atoms with Gasteiger partial charge in [-0.25, -0.2) is 0 Å². The molecule has 1 aliphatic rings. The van der Waals surface area contributed by atoms with Gasteiger partial charge in [0.05, 0.1) is 13.0 Å². The van der Waals surface area contributed by atoms with E-state index in [0.717, 1.165) is 35.0 Å². The Kier molecular flexibility index (Phi) is 2.33. The fourth-order valence-electron chi connectivity index (χ4n) is 3.04. The summed E-state index contributed by atoms with van der Waals surface area (Å²) in [5, 5.41) is 1.08. The van der Waals surface area contributed by atoms with Crippen molar-refractivity contribution in [2.45, 2.75) is 18.8 Å². The maximum absolute atomic E-state index is 11.9. The van der Waals surface area contributed by atoms with E-state index < -0.39 is 0 Å². The van der Waals surface area contributed by atoms with Crippen LogP contribution in [0.15, 0.2) is 18.2 Å². The Labute approximate surface area is 105 Å². The molecule has 0 radical (unpaired) electrons. The van der Waals surface area contributed by atoms with Gasteiger partial charge in [-0.3, -0.25) is 4.79 Å². The highest BCUT2D eigenvalue weighted by atomic mass is 16.5. The van der Waals surface area contributed by atoms with Gasteiger partial charge in [-0.05, 0) is 36.6 Å². The van der Waals surface area contributed by atoms with Crippen molar-refractivity contribution < 1.29 is 9.53 Å². The topological polar surface area (TPSA) is 57.2 Å². The third-order valence-corrected chi connectivity index (χ3v) is 3.89. The summed E-state index contributed by atoms with van der Waals surface area (Å²) in [6.45, 7) is 0. The number of hydrogen-bond acceptors (Lipinski definition) is 3. The zero-order chi connectivity index (χ0) is 12.9. The van der Waals surface area contributed by atoms with Crippen LogP contribution in [-0.2, 0) is 23.0 Å². The Bertz CT molecular complexity index is 643. The average Bonchev–Trinajstić information content (AvgIpc) is 2.90. The molecular formula is C14H16N2O2. The smallest absolute Gasteiger partial charge is 0.313 e. The number of carbonyl (C=O) groups excluding carboxylic acids is 1. The molecule has 4 heteroatoms. The quantitative estimate of drug-likeness (QED) is 0.616. The van der Waals surface area contributed by atoms with Crippen LogP contribution in [0.2, 0.25) is 0 Å². The SMILES string of the molecule is COC(=O)[C@H]1CCc2c1c1cc(N)ccc1n2C. The summed E-state index contributed by atoms with van der Waals surface area (Å²) in [6.07, 6.45) is 1.75. The van der Waals surface area contributed by atoms with Crippen molar-refractivity contribution in [3.05, 3.63) is 29.5 Å². The summed E-state index contributed by atoms with van der Waals surface area (Å²) in [5.74, 6) is -0.292. The predicted molar refractivity (Wildman–Crippen MR) is 70.4 cm³/mol. The van der Waals surface area contributed by atoms with Crippen molar-refractivity contribution in [3.8, 4) is 0 Å². The minimum atomic E-state index is -0.149.